The number of rotatable bonds is 7. The number of aromatic nitrogens is 1. The van der Waals surface area contributed by atoms with Crippen LogP contribution >= 0.6 is 0 Å². The number of hydrogen-bond donors (Lipinski definition) is 1. The highest BCUT2D eigenvalue weighted by Gasteiger charge is 2.52. The molecular formula is C20H22F3N5O5S. The van der Waals surface area contributed by atoms with Gasteiger partial charge in [0.1, 0.15) is 11.3 Å². The fourth-order valence-electron chi connectivity index (χ4n) is 3.18. The lowest BCUT2D eigenvalue weighted by molar-refractivity contribution is -0.274. The summed E-state index contributed by atoms with van der Waals surface area (Å²) in [4.78, 5) is 32.3. The predicted molar refractivity (Wildman–Crippen MR) is 116 cm³/mol. The van der Waals surface area contributed by atoms with Gasteiger partial charge in [0.05, 0.1) is 24.1 Å². The minimum absolute atomic E-state index is 0.0587. The van der Waals surface area contributed by atoms with E-state index in [0.717, 1.165) is 21.3 Å². The van der Waals surface area contributed by atoms with E-state index in [0.29, 0.717) is 5.56 Å². The Hall–Kier alpha value is -3.39. The predicted octanol–water partition coefficient (Wildman–Crippen LogP) is 2.95. The molecule has 14 heteroatoms. The van der Waals surface area contributed by atoms with Crippen molar-refractivity contribution >= 4 is 33.5 Å². The normalized spacial score (nSPS) is 16.4. The summed E-state index contributed by atoms with van der Waals surface area (Å²) in [7, 11) is -1.18. The molecule has 1 fully saturated rings. The zero-order valence-corrected chi connectivity index (χ0v) is 19.4. The monoisotopic (exact) mass is 501 g/mol. The van der Waals surface area contributed by atoms with Crippen LogP contribution in [0.1, 0.15) is 19.4 Å². The van der Waals surface area contributed by atoms with Crippen molar-refractivity contribution in [2.75, 3.05) is 23.7 Å². The lowest BCUT2D eigenvalue weighted by Crippen LogP contribution is -2.43. The maximum Gasteiger partial charge on any atom is 0.573 e. The highest BCUT2D eigenvalue weighted by molar-refractivity contribution is 7.90. The number of pyridine rings is 1. The van der Waals surface area contributed by atoms with Gasteiger partial charge in [0.15, 0.2) is 0 Å². The molecule has 1 saturated heterocycles. The van der Waals surface area contributed by atoms with Crippen LogP contribution in [0.15, 0.2) is 42.7 Å². The van der Waals surface area contributed by atoms with Crippen LogP contribution in [-0.2, 0) is 21.5 Å². The average Bonchev–Trinajstić information content (AvgIpc) is 2.88. The fraction of sp³-hybridized carbons (Fsp3) is 0.350. The number of imide groups is 1. The molecule has 1 N–H and O–H groups in total. The Balaban J connectivity index is 1.89. The summed E-state index contributed by atoms with van der Waals surface area (Å²) in [6.45, 7) is 2.88. The van der Waals surface area contributed by atoms with Crippen molar-refractivity contribution in [1.82, 2.24) is 14.2 Å². The molecule has 184 valence electrons. The van der Waals surface area contributed by atoms with Crippen LogP contribution in [0.4, 0.5) is 29.3 Å². The van der Waals surface area contributed by atoms with Crippen LogP contribution < -0.4 is 14.4 Å². The van der Waals surface area contributed by atoms with E-state index in [9.17, 15) is 31.2 Å². The van der Waals surface area contributed by atoms with Gasteiger partial charge < -0.3 is 9.64 Å². The number of benzene rings is 1. The van der Waals surface area contributed by atoms with Gasteiger partial charge in [0, 0.05) is 20.3 Å². The van der Waals surface area contributed by atoms with Gasteiger partial charge in [-0.05, 0) is 49.7 Å². The van der Waals surface area contributed by atoms with E-state index in [4.69, 9.17) is 0 Å². The van der Waals surface area contributed by atoms with Crippen molar-refractivity contribution in [3.05, 3.63) is 48.3 Å². The molecule has 34 heavy (non-hydrogen) atoms. The molecule has 0 radical (unpaired) electrons. The van der Waals surface area contributed by atoms with Crippen LogP contribution in [0, 0.1) is 0 Å². The smallest absolute Gasteiger partial charge is 0.406 e. The number of nitrogens with zero attached hydrogens (tertiary/aromatic N) is 4. The lowest BCUT2D eigenvalue weighted by Gasteiger charge is -2.28. The number of amides is 3. The number of nitrogens with one attached hydrogen (secondary N) is 1. The van der Waals surface area contributed by atoms with Crippen LogP contribution in [0.3, 0.4) is 0 Å². The van der Waals surface area contributed by atoms with Gasteiger partial charge in [-0.2, -0.15) is 12.7 Å². The van der Waals surface area contributed by atoms with Crippen LogP contribution in [0.2, 0.25) is 0 Å². The topological polar surface area (TPSA) is 112 Å². The first kappa shape index (κ1) is 25.2. The summed E-state index contributed by atoms with van der Waals surface area (Å²) in [6, 6.07) is 5.11. The van der Waals surface area contributed by atoms with E-state index in [1.54, 1.807) is 0 Å². The van der Waals surface area contributed by atoms with E-state index in [1.165, 1.54) is 63.4 Å². The molecule has 0 bridgehead atoms. The van der Waals surface area contributed by atoms with Gasteiger partial charge in [-0.15, -0.1) is 13.2 Å². The van der Waals surface area contributed by atoms with Gasteiger partial charge >= 0.3 is 22.6 Å². The third kappa shape index (κ3) is 5.07. The summed E-state index contributed by atoms with van der Waals surface area (Å²) in [5, 5.41) is 0. The first-order valence-corrected chi connectivity index (χ1v) is 11.2. The Labute approximate surface area is 194 Å². The molecule has 3 rings (SSSR count). The summed E-state index contributed by atoms with van der Waals surface area (Å²) < 4.78 is 68.9. The second-order valence-electron chi connectivity index (χ2n) is 8.03. The second-order valence-corrected chi connectivity index (χ2v) is 9.92. The number of anilines is 2. The number of alkyl halides is 3. The van der Waals surface area contributed by atoms with E-state index < -0.39 is 39.8 Å². The average molecular weight is 501 g/mol. The molecule has 0 unspecified atom stereocenters. The van der Waals surface area contributed by atoms with Gasteiger partial charge in [-0.25, -0.2) is 9.69 Å². The van der Waals surface area contributed by atoms with Crippen molar-refractivity contribution in [3.8, 4) is 5.75 Å². The number of halogens is 3. The molecule has 0 aliphatic carbocycles. The summed E-state index contributed by atoms with van der Waals surface area (Å²) in [5.74, 6) is -1.10. The summed E-state index contributed by atoms with van der Waals surface area (Å²) in [5.41, 5.74) is -0.771. The van der Waals surface area contributed by atoms with Gasteiger partial charge in [0.2, 0.25) is 0 Å². The SMILES string of the molecule is CN(C)S(=O)(=O)Nc1cnccc1CN1C(=O)N(c2ccc(OC(F)(F)F)cc2)C(=O)C1(C)C. The van der Waals surface area contributed by atoms with E-state index in [2.05, 4.69) is 14.4 Å². The highest BCUT2D eigenvalue weighted by atomic mass is 32.2. The Morgan fingerprint density at radius 2 is 1.74 bits per heavy atom. The largest absolute Gasteiger partial charge is 0.573 e. The number of urea groups is 1. The lowest BCUT2D eigenvalue weighted by atomic mass is 10.0. The first-order valence-electron chi connectivity index (χ1n) is 9.78. The van der Waals surface area contributed by atoms with Crippen molar-refractivity contribution < 1.29 is 35.9 Å². The zero-order valence-electron chi connectivity index (χ0n) is 18.6. The number of carbonyl (C=O) groups excluding carboxylic acids is 2. The molecule has 0 saturated carbocycles. The Bertz CT molecular complexity index is 1200. The van der Waals surface area contributed by atoms with Crippen molar-refractivity contribution in [1.29, 1.82) is 0 Å². The molecule has 2 aromatic rings. The second kappa shape index (κ2) is 8.76. The molecule has 0 spiro atoms. The Morgan fingerprint density at radius 1 is 1.12 bits per heavy atom. The maximum absolute atomic E-state index is 13.2. The van der Waals surface area contributed by atoms with Crippen molar-refractivity contribution in [2.45, 2.75) is 32.3 Å². The third-order valence-corrected chi connectivity index (χ3v) is 6.55. The molecule has 0 atom stereocenters. The minimum atomic E-state index is -4.88. The molecule has 1 aliphatic rings. The van der Waals surface area contributed by atoms with E-state index >= 15 is 0 Å². The zero-order chi connectivity index (χ0) is 25.5. The number of ether oxygens (including phenoxy) is 1. The molecule has 1 aromatic heterocycles. The summed E-state index contributed by atoms with van der Waals surface area (Å²) in [6.07, 6.45) is -2.19. The molecule has 2 heterocycles. The maximum atomic E-state index is 13.2. The minimum Gasteiger partial charge on any atom is -0.406 e. The van der Waals surface area contributed by atoms with Crippen LogP contribution in [0.25, 0.3) is 0 Å². The van der Waals surface area contributed by atoms with Gasteiger partial charge in [-0.1, -0.05) is 0 Å². The number of carbonyl (C=O) groups is 2. The quantitative estimate of drug-likeness (QED) is 0.584. The van der Waals surface area contributed by atoms with Crippen molar-refractivity contribution in [2.24, 2.45) is 0 Å². The summed E-state index contributed by atoms with van der Waals surface area (Å²) >= 11 is 0. The van der Waals surface area contributed by atoms with Crippen molar-refractivity contribution in [3.63, 3.8) is 0 Å². The highest BCUT2D eigenvalue weighted by Crippen LogP contribution is 2.35. The van der Waals surface area contributed by atoms with Crippen LogP contribution in [0.5, 0.6) is 5.75 Å². The standard InChI is InChI=1S/C20H22F3N5O5S/c1-19(2)17(29)28(14-5-7-15(8-6-14)33-20(21,22)23)18(30)27(19)12-13-9-10-24-11-16(13)25-34(31,32)26(3)4/h5-11,25H,12H2,1-4H3. The van der Waals surface area contributed by atoms with E-state index in [1.807, 2.05) is 0 Å². The van der Waals surface area contributed by atoms with E-state index in [-0.39, 0.29) is 17.9 Å². The fourth-order valence-corrected chi connectivity index (χ4v) is 3.82. The molecule has 10 nitrogen and oxygen atoms in total. The molecule has 3 amide bonds. The number of hydrogen-bond acceptors (Lipinski definition) is 6. The van der Waals surface area contributed by atoms with Gasteiger partial charge in [0.25, 0.3) is 5.91 Å². The third-order valence-electron chi connectivity index (χ3n) is 5.11. The Morgan fingerprint density at radius 3 is 2.29 bits per heavy atom. The Kier molecular flexibility index (Phi) is 6.50. The first-order chi connectivity index (χ1) is 15.6. The molecule has 1 aromatic carbocycles. The molecular weight excluding hydrogens is 479 g/mol. The van der Waals surface area contributed by atoms with Crippen LogP contribution in [-0.4, -0.2) is 60.5 Å². The van der Waals surface area contributed by atoms with Gasteiger partial charge in [-0.3, -0.25) is 14.5 Å². The molecule has 1 aliphatic heterocycles.